The van der Waals surface area contributed by atoms with Crippen molar-refractivity contribution in [3.8, 4) is 0 Å². The predicted molar refractivity (Wildman–Crippen MR) is 104 cm³/mol. The van der Waals surface area contributed by atoms with Gasteiger partial charge in [0, 0.05) is 39.3 Å². The fourth-order valence-electron chi connectivity index (χ4n) is 3.29. The summed E-state index contributed by atoms with van der Waals surface area (Å²) in [7, 11) is 3.42. The van der Waals surface area contributed by atoms with E-state index in [1.807, 2.05) is 12.1 Å². The molecule has 0 bridgehead atoms. The van der Waals surface area contributed by atoms with Gasteiger partial charge in [0.1, 0.15) is 0 Å². The minimum atomic E-state index is -0.234. The molecule has 1 fully saturated rings. The number of carbonyl (C=O) groups is 3. The van der Waals surface area contributed by atoms with E-state index in [-0.39, 0.29) is 23.6 Å². The molecular weight excluding hydrogens is 358 g/mol. The Kier molecular flexibility index (Phi) is 6.13. The molecule has 0 unspecified atom stereocenters. The summed E-state index contributed by atoms with van der Waals surface area (Å²) in [5.41, 5.74) is 1.53. The Hall–Kier alpha value is -3.09. The van der Waals surface area contributed by atoms with Gasteiger partial charge in [0.2, 0.25) is 5.91 Å². The summed E-state index contributed by atoms with van der Waals surface area (Å²) < 4.78 is 5.17. The molecule has 0 spiro atoms. The topological polar surface area (TPSA) is 82.9 Å². The highest BCUT2D eigenvalue weighted by molar-refractivity contribution is 5.94. The quantitative estimate of drug-likeness (QED) is 0.858. The summed E-state index contributed by atoms with van der Waals surface area (Å²) >= 11 is 0. The average Bonchev–Trinajstić information content (AvgIpc) is 3.26. The van der Waals surface area contributed by atoms with Crippen LogP contribution in [0, 0.1) is 5.92 Å². The Morgan fingerprint density at radius 1 is 1.18 bits per heavy atom. The minimum absolute atomic E-state index is 0.0564. The number of piperidine rings is 1. The Labute approximate surface area is 164 Å². The molecule has 1 aliphatic heterocycles. The molecule has 2 aromatic rings. The second kappa shape index (κ2) is 8.73. The molecule has 2 heterocycles. The van der Waals surface area contributed by atoms with E-state index in [2.05, 4.69) is 5.32 Å². The Balaban J connectivity index is 1.53. The van der Waals surface area contributed by atoms with Crippen LogP contribution in [0.25, 0.3) is 0 Å². The molecule has 28 heavy (non-hydrogen) atoms. The molecule has 148 valence electrons. The van der Waals surface area contributed by atoms with Crippen molar-refractivity contribution in [3.05, 3.63) is 59.5 Å². The summed E-state index contributed by atoms with van der Waals surface area (Å²) in [4.78, 5) is 40.1. The Bertz CT molecular complexity index is 828. The van der Waals surface area contributed by atoms with Crippen molar-refractivity contribution in [1.29, 1.82) is 0 Å². The number of rotatable bonds is 5. The van der Waals surface area contributed by atoms with Crippen molar-refractivity contribution in [3.63, 3.8) is 0 Å². The molecule has 0 saturated carbocycles. The van der Waals surface area contributed by atoms with Crippen LogP contribution in [0.15, 0.2) is 47.1 Å². The third-order valence-electron chi connectivity index (χ3n) is 4.89. The van der Waals surface area contributed by atoms with Gasteiger partial charge in [-0.25, -0.2) is 0 Å². The molecule has 1 aliphatic rings. The van der Waals surface area contributed by atoms with Gasteiger partial charge < -0.3 is 19.5 Å². The number of hydrogen-bond acceptors (Lipinski definition) is 4. The van der Waals surface area contributed by atoms with Crippen LogP contribution in [0.1, 0.15) is 39.3 Å². The van der Waals surface area contributed by atoms with Crippen molar-refractivity contribution < 1.29 is 18.8 Å². The maximum absolute atomic E-state index is 12.6. The monoisotopic (exact) mass is 383 g/mol. The van der Waals surface area contributed by atoms with Gasteiger partial charge in [-0.3, -0.25) is 14.4 Å². The summed E-state index contributed by atoms with van der Waals surface area (Å²) in [5.74, 6) is -0.233. The minimum Gasteiger partial charge on any atom is -0.459 e. The second-order valence-corrected chi connectivity index (χ2v) is 7.18. The molecule has 1 aromatic carbocycles. The number of carbonyl (C=O) groups excluding carboxylic acids is 3. The van der Waals surface area contributed by atoms with Gasteiger partial charge in [-0.05, 0) is 42.7 Å². The lowest BCUT2D eigenvalue weighted by Crippen LogP contribution is -2.45. The zero-order chi connectivity index (χ0) is 20.1. The van der Waals surface area contributed by atoms with E-state index in [1.54, 1.807) is 43.3 Å². The van der Waals surface area contributed by atoms with Crippen molar-refractivity contribution in [1.82, 2.24) is 15.1 Å². The predicted octanol–water partition coefficient (Wildman–Crippen LogP) is 2.15. The van der Waals surface area contributed by atoms with Crippen molar-refractivity contribution in [2.45, 2.75) is 19.4 Å². The van der Waals surface area contributed by atoms with Crippen LogP contribution in [0.2, 0.25) is 0 Å². The van der Waals surface area contributed by atoms with Gasteiger partial charge in [0.15, 0.2) is 5.76 Å². The first-order chi connectivity index (χ1) is 13.5. The Morgan fingerprint density at radius 2 is 1.93 bits per heavy atom. The van der Waals surface area contributed by atoms with Crippen LogP contribution in [-0.4, -0.2) is 54.7 Å². The van der Waals surface area contributed by atoms with Crippen LogP contribution < -0.4 is 5.32 Å². The van der Waals surface area contributed by atoms with Crippen molar-refractivity contribution in [2.75, 3.05) is 27.2 Å². The zero-order valence-electron chi connectivity index (χ0n) is 16.2. The number of likely N-dealkylation sites (tertiary alicyclic amines) is 1. The van der Waals surface area contributed by atoms with Crippen LogP contribution in [-0.2, 0) is 11.3 Å². The Morgan fingerprint density at radius 3 is 2.57 bits per heavy atom. The SMILES string of the molecule is CN(C)C(=O)c1ccc(CNC(=O)[C@H]2CCCN(C(=O)c3ccco3)C2)cc1. The second-order valence-electron chi connectivity index (χ2n) is 7.18. The average molecular weight is 383 g/mol. The molecule has 3 amide bonds. The molecule has 1 aromatic heterocycles. The van der Waals surface area contributed by atoms with Gasteiger partial charge >= 0.3 is 0 Å². The fraction of sp³-hybridized carbons (Fsp3) is 0.381. The summed E-state index contributed by atoms with van der Waals surface area (Å²) in [6.07, 6.45) is 3.01. The first-order valence-electron chi connectivity index (χ1n) is 9.37. The van der Waals surface area contributed by atoms with Crippen LogP contribution in [0.5, 0.6) is 0 Å². The highest BCUT2D eigenvalue weighted by atomic mass is 16.3. The highest BCUT2D eigenvalue weighted by Crippen LogP contribution is 2.19. The summed E-state index contributed by atoms with van der Waals surface area (Å²) in [5, 5.41) is 2.94. The van der Waals surface area contributed by atoms with Crippen LogP contribution >= 0.6 is 0 Å². The molecule has 1 N–H and O–H groups in total. The number of nitrogens with zero attached hydrogens (tertiary/aromatic N) is 2. The molecular formula is C21H25N3O4. The smallest absolute Gasteiger partial charge is 0.289 e. The van der Waals surface area contributed by atoms with Gasteiger partial charge in [-0.15, -0.1) is 0 Å². The lowest BCUT2D eigenvalue weighted by Gasteiger charge is -2.31. The highest BCUT2D eigenvalue weighted by Gasteiger charge is 2.29. The van der Waals surface area contributed by atoms with Crippen molar-refractivity contribution >= 4 is 17.7 Å². The van der Waals surface area contributed by atoms with Gasteiger partial charge in [0.05, 0.1) is 12.2 Å². The number of nitrogens with one attached hydrogen (secondary N) is 1. The van der Waals surface area contributed by atoms with E-state index in [0.717, 1.165) is 18.4 Å². The van der Waals surface area contributed by atoms with E-state index in [1.165, 1.54) is 11.2 Å². The number of amides is 3. The van der Waals surface area contributed by atoms with Gasteiger partial charge in [0.25, 0.3) is 11.8 Å². The van der Waals surface area contributed by atoms with E-state index in [9.17, 15) is 14.4 Å². The molecule has 0 radical (unpaired) electrons. The lowest BCUT2D eigenvalue weighted by atomic mass is 9.96. The maximum Gasteiger partial charge on any atom is 0.289 e. The first kappa shape index (κ1) is 19.7. The van der Waals surface area contributed by atoms with Crippen molar-refractivity contribution in [2.24, 2.45) is 5.92 Å². The number of furan rings is 1. The largest absolute Gasteiger partial charge is 0.459 e. The van der Waals surface area contributed by atoms with Crippen LogP contribution in [0.4, 0.5) is 0 Å². The molecule has 3 rings (SSSR count). The first-order valence-corrected chi connectivity index (χ1v) is 9.37. The standard InChI is InChI=1S/C21H25N3O4/c1-23(2)20(26)16-9-7-15(8-10-16)13-22-19(25)17-5-3-11-24(14-17)21(27)18-6-4-12-28-18/h4,6-10,12,17H,3,5,11,13-14H2,1-2H3,(H,22,25)/t17-/m0/s1. The third-order valence-corrected chi connectivity index (χ3v) is 4.89. The fourth-order valence-corrected chi connectivity index (χ4v) is 3.29. The third kappa shape index (κ3) is 4.60. The number of hydrogen-bond donors (Lipinski definition) is 1. The summed E-state index contributed by atoms with van der Waals surface area (Å²) in [6.45, 7) is 1.41. The lowest BCUT2D eigenvalue weighted by molar-refractivity contribution is -0.126. The van der Waals surface area contributed by atoms with E-state index < -0.39 is 0 Å². The van der Waals surface area contributed by atoms with Gasteiger partial charge in [-0.2, -0.15) is 0 Å². The maximum atomic E-state index is 12.6. The number of benzene rings is 1. The molecule has 7 heteroatoms. The van der Waals surface area contributed by atoms with Gasteiger partial charge in [-0.1, -0.05) is 12.1 Å². The molecule has 1 saturated heterocycles. The summed E-state index contributed by atoms with van der Waals surface area (Å²) in [6, 6.07) is 10.5. The molecule has 1 atom stereocenters. The van der Waals surface area contributed by atoms with E-state index >= 15 is 0 Å². The molecule has 0 aliphatic carbocycles. The van der Waals surface area contributed by atoms with Crippen LogP contribution in [0.3, 0.4) is 0 Å². The normalized spacial score (nSPS) is 16.5. The van der Waals surface area contributed by atoms with E-state index in [4.69, 9.17) is 4.42 Å². The van der Waals surface area contributed by atoms with E-state index in [0.29, 0.717) is 31.0 Å². The zero-order valence-corrected chi connectivity index (χ0v) is 16.2. The molecule has 7 nitrogen and oxygen atoms in total.